The first kappa shape index (κ1) is 22.0. The molecule has 0 atom stereocenters. The van der Waals surface area contributed by atoms with E-state index in [0.717, 1.165) is 25.7 Å². The van der Waals surface area contributed by atoms with E-state index in [1.807, 2.05) is 13.8 Å². The maximum Gasteiger partial charge on any atom is 0.220 e. The van der Waals surface area contributed by atoms with Gasteiger partial charge in [0.05, 0.1) is 0 Å². The summed E-state index contributed by atoms with van der Waals surface area (Å²) in [5.74, 6) is 2.12. The average Bonchev–Trinajstić information content (AvgIpc) is 2.50. The fraction of sp³-hybridized carbons (Fsp3) is 0.905. The molecule has 1 fully saturated rings. The summed E-state index contributed by atoms with van der Waals surface area (Å²) in [7, 11) is 0. The highest BCUT2D eigenvalue weighted by molar-refractivity contribution is 5.76. The molecule has 0 aliphatic heterocycles. The van der Waals surface area contributed by atoms with Crippen molar-refractivity contribution in [1.82, 2.24) is 10.6 Å². The zero-order chi connectivity index (χ0) is 19.0. The lowest BCUT2D eigenvalue weighted by Crippen LogP contribution is -2.50. The summed E-state index contributed by atoms with van der Waals surface area (Å²) in [6, 6.07) is 0.225. The Morgan fingerprint density at radius 1 is 0.960 bits per heavy atom. The Morgan fingerprint density at radius 3 is 2.08 bits per heavy atom. The second-order valence-electron chi connectivity index (χ2n) is 9.18. The molecule has 1 rings (SSSR count). The van der Waals surface area contributed by atoms with Gasteiger partial charge in [-0.05, 0) is 71.1 Å². The van der Waals surface area contributed by atoms with Gasteiger partial charge in [-0.15, -0.1) is 0 Å². The number of amides is 2. The van der Waals surface area contributed by atoms with Crippen LogP contribution in [0, 0.1) is 17.8 Å². The highest BCUT2D eigenvalue weighted by Gasteiger charge is 2.34. The SMILES string of the molecule is CC(C)CCC(=O)NC(C)(C)C1CCC(CCC(=O)NC(C)C)CC1. The number of hydrogen-bond acceptors (Lipinski definition) is 2. The Morgan fingerprint density at radius 2 is 1.56 bits per heavy atom. The second-order valence-corrected chi connectivity index (χ2v) is 9.18. The molecular weight excluding hydrogens is 312 g/mol. The van der Waals surface area contributed by atoms with Crippen molar-refractivity contribution in [2.45, 2.75) is 104 Å². The van der Waals surface area contributed by atoms with Crippen LogP contribution < -0.4 is 10.6 Å². The maximum absolute atomic E-state index is 12.2. The van der Waals surface area contributed by atoms with Crippen LogP contribution >= 0.6 is 0 Å². The predicted octanol–water partition coefficient (Wildman–Crippen LogP) is 4.43. The molecule has 2 amide bonds. The van der Waals surface area contributed by atoms with Crippen LogP contribution in [0.5, 0.6) is 0 Å². The highest BCUT2D eigenvalue weighted by Crippen LogP contribution is 2.37. The lowest BCUT2D eigenvalue weighted by molar-refractivity contribution is -0.124. The van der Waals surface area contributed by atoms with Gasteiger partial charge in [0.1, 0.15) is 0 Å². The quantitative estimate of drug-likeness (QED) is 0.645. The zero-order valence-corrected chi connectivity index (χ0v) is 17.3. The van der Waals surface area contributed by atoms with Crippen molar-refractivity contribution in [3.63, 3.8) is 0 Å². The summed E-state index contributed by atoms with van der Waals surface area (Å²) in [6.45, 7) is 12.6. The Hall–Kier alpha value is -1.06. The van der Waals surface area contributed by atoms with E-state index < -0.39 is 0 Å². The van der Waals surface area contributed by atoms with E-state index >= 15 is 0 Å². The standard InChI is InChI=1S/C21H40N2O2/c1-15(2)7-13-20(25)23-21(5,6)18-11-8-17(9-12-18)10-14-19(24)22-16(3)4/h15-18H,7-14H2,1-6H3,(H,22,24)(H,23,25). The summed E-state index contributed by atoms with van der Waals surface area (Å²) in [5.41, 5.74) is -0.131. The van der Waals surface area contributed by atoms with Crippen LogP contribution in [-0.4, -0.2) is 23.4 Å². The van der Waals surface area contributed by atoms with E-state index in [2.05, 4.69) is 38.3 Å². The van der Waals surface area contributed by atoms with Crippen LogP contribution in [0.1, 0.15) is 92.9 Å². The fourth-order valence-corrected chi connectivity index (χ4v) is 3.85. The Bertz CT molecular complexity index is 422. The molecule has 0 unspecified atom stereocenters. The molecule has 2 N–H and O–H groups in total. The summed E-state index contributed by atoms with van der Waals surface area (Å²) in [4.78, 5) is 24.0. The van der Waals surface area contributed by atoms with E-state index in [0.29, 0.717) is 30.6 Å². The molecule has 0 aromatic carbocycles. The van der Waals surface area contributed by atoms with Crippen LogP contribution in [0.2, 0.25) is 0 Å². The minimum Gasteiger partial charge on any atom is -0.354 e. The van der Waals surface area contributed by atoms with Crippen LogP contribution in [0.25, 0.3) is 0 Å². The van der Waals surface area contributed by atoms with Crippen molar-refractivity contribution in [1.29, 1.82) is 0 Å². The summed E-state index contributed by atoms with van der Waals surface area (Å²) in [6.07, 6.45) is 7.85. The molecule has 4 heteroatoms. The van der Waals surface area contributed by atoms with E-state index in [-0.39, 0.29) is 23.4 Å². The Balaban J connectivity index is 2.34. The van der Waals surface area contributed by atoms with Gasteiger partial charge in [0.25, 0.3) is 0 Å². The first-order valence-electron chi connectivity index (χ1n) is 10.2. The van der Waals surface area contributed by atoms with Crippen LogP contribution in [-0.2, 0) is 9.59 Å². The number of carbonyl (C=O) groups excluding carboxylic acids is 2. The molecule has 1 aliphatic carbocycles. The highest BCUT2D eigenvalue weighted by atomic mass is 16.2. The van der Waals surface area contributed by atoms with Gasteiger partial charge < -0.3 is 10.6 Å². The second kappa shape index (κ2) is 10.2. The third kappa shape index (κ3) is 8.73. The van der Waals surface area contributed by atoms with Gasteiger partial charge in [-0.1, -0.05) is 26.7 Å². The number of rotatable bonds is 9. The number of carbonyl (C=O) groups is 2. The van der Waals surface area contributed by atoms with Crippen LogP contribution in [0.3, 0.4) is 0 Å². The van der Waals surface area contributed by atoms with Gasteiger partial charge in [-0.3, -0.25) is 9.59 Å². The van der Waals surface area contributed by atoms with Gasteiger partial charge in [-0.25, -0.2) is 0 Å². The van der Waals surface area contributed by atoms with Crippen molar-refractivity contribution in [2.75, 3.05) is 0 Å². The Kier molecular flexibility index (Phi) is 8.95. The fourth-order valence-electron chi connectivity index (χ4n) is 3.85. The summed E-state index contributed by atoms with van der Waals surface area (Å²) < 4.78 is 0. The van der Waals surface area contributed by atoms with Crippen molar-refractivity contribution in [2.24, 2.45) is 17.8 Å². The predicted molar refractivity (Wildman–Crippen MR) is 104 cm³/mol. The zero-order valence-electron chi connectivity index (χ0n) is 17.3. The molecule has 4 nitrogen and oxygen atoms in total. The first-order chi connectivity index (χ1) is 11.6. The molecule has 1 aliphatic rings. The first-order valence-corrected chi connectivity index (χ1v) is 10.2. The normalized spacial score (nSPS) is 21.4. The van der Waals surface area contributed by atoms with E-state index in [1.54, 1.807) is 0 Å². The van der Waals surface area contributed by atoms with Crippen molar-refractivity contribution >= 4 is 11.8 Å². The summed E-state index contributed by atoms with van der Waals surface area (Å²) >= 11 is 0. The van der Waals surface area contributed by atoms with E-state index in [4.69, 9.17) is 0 Å². The largest absolute Gasteiger partial charge is 0.354 e. The lowest BCUT2D eigenvalue weighted by atomic mass is 9.72. The minimum absolute atomic E-state index is 0.131. The maximum atomic E-state index is 12.2. The Labute approximate surface area is 154 Å². The average molecular weight is 353 g/mol. The third-order valence-corrected chi connectivity index (χ3v) is 5.51. The van der Waals surface area contributed by atoms with Gasteiger partial charge in [0, 0.05) is 24.4 Å². The van der Waals surface area contributed by atoms with E-state index in [1.165, 1.54) is 12.8 Å². The van der Waals surface area contributed by atoms with Gasteiger partial charge in [-0.2, -0.15) is 0 Å². The number of nitrogens with one attached hydrogen (secondary N) is 2. The molecular formula is C21H40N2O2. The monoisotopic (exact) mass is 352 g/mol. The molecule has 0 radical (unpaired) electrons. The molecule has 0 aromatic rings. The topological polar surface area (TPSA) is 58.2 Å². The van der Waals surface area contributed by atoms with Gasteiger partial charge >= 0.3 is 0 Å². The van der Waals surface area contributed by atoms with Crippen molar-refractivity contribution in [3.8, 4) is 0 Å². The molecule has 0 saturated heterocycles. The minimum atomic E-state index is -0.131. The summed E-state index contributed by atoms with van der Waals surface area (Å²) in [5, 5.41) is 6.24. The molecule has 0 bridgehead atoms. The lowest BCUT2D eigenvalue weighted by Gasteiger charge is -2.40. The number of hydrogen-bond donors (Lipinski definition) is 2. The van der Waals surface area contributed by atoms with Crippen molar-refractivity contribution in [3.05, 3.63) is 0 Å². The third-order valence-electron chi connectivity index (χ3n) is 5.51. The molecule has 0 aromatic heterocycles. The van der Waals surface area contributed by atoms with Crippen molar-refractivity contribution < 1.29 is 9.59 Å². The van der Waals surface area contributed by atoms with Crippen LogP contribution in [0.15, 0.2) is 0 Å². The molecule has 0 spiro atoms. The molecule has 0 heterocycles. The smallest absolute Gasteiger partial charge is 0.220 e. The van der Waals surface area contributed by atoms with E-state index in [9.17, 15) is 9.59 Å². The molecule has 25 heavy (non-hydrogen) atoms. The van der Waals surface area contributed by atoms with Gasteiger partial charge in [0.2, 0.25) is 11.8 Å². The molecule has 1 saturated carbocycles. The molecule has 146 valence electrons. The van der Waals surface area contributed by atoms with Gasteiger partial charge in [0.15, 0.2) is 0 Å². The van der Waals surface area contributed by atoms with Crippen LogP contribution in [0.4, 0.5) is 0 Å².